The first kappa shape index (κ1) is 13.6. The molecule has 0 fully saturated rings. The highest BCUT2D eigenvalue weighted by Crippen LogP contribution is 2.28. The third-order valence-corrected chi connectivity index (χ3v) is 4.53. The number of fused-ring (bicyclic) bond motifs is 1. The largest absolute Gasteiger partial charge is 0.459 e. The highest BCUT2D eigenvalue weighted by Gasteiger charge is 2.28. The second-order valence-electron chi connectivity index (χ2n) is 4.67. The van der Waals surface area contributed by atoms with Crippen molar-refractivity contribution in [2.45, 2.75) is 19.1 Å². The molecular formula is C15H14ClNO2S. The van der Waals surface area contributed by atoms with Crippen LogP contribution in [-0.4, -0.2) is 12.5 Å². The Labute approximate surface area is 126 Å². The second kappa shape index (κ2) is 5.95. The maximum absolute atomic E-state index is 12.2. The Balaban J connectivity index is 1.66. The van der Waals surface area contributed by atoms with Crippen LogP contribution >= 0.6 is 22.9 Å². The number of halogens is 1. The molecule has 0 aliphatic carbocycles. The first-order valence-electron chi connectivity index (χ1n) is 6.45. The average Bonchev–Trinajstić information content (AvgIpc) is 2.93. The van der Waals surface area contributed by atoms with Gasteiger partial charge in [0.2, 0.25) is 0 Å². The Morgan fingerprint density at radius 2 is 2.35 bits per heavy atom. The Morgan fingerprint density at radius 1 is 1.45 bits per heavy atom. The molecule has 1 N–H and O–H groups in total. The lowest BCUT2D eigenvalue weighted by molar-refractivity contribution is -0.147. The van der Waals surface area contributed by atoms with Gasteiger partial charge in [0.15, 0.2) is 0 Å². The van der Waals surface area contributed by atoms with Gasteiger partial charge < -0.3 is 10.1 Å². The standard InChI is InChI=1S/C15H14ClNO2S/c16-11-3-1-2-10(8-11)9-19-15(18)14-12-5-7-20-13(12)4-6-17-14/h1-3,5,7-8,14,17H,4,6,9H2. The molecule has 5 heteroatoms. The summed E-state index contributed by atoms with van der Waals surface area (Å²) >= 11 is 7.61. The highest BCUT2D eigenvalue weighted by molar-refractivity contribution is 7.10. The number of hydrogen-bond acceptors (Lipinski definition) is 4. The Kier molecular flexibility index (Phi) is 4.05. The molecule has 3 nitrogen and oxygen atoms in total. The Morgan fingerprint density at radius 3 is 3.20 bits per heavy atom. The van der Waals surface area contributed by atoms with Crippen molar-refractivity contribution >= 4 is 28.9 Å². The number of ether oxygens (including phenoxy) is 1. The fourth-order valence-corrected chi connectivity index (χ4v) is 3.46. The van der Waals surface area contributed by atoms with Crippen molar-refractivity contribution in [2.75, 3.05) is 6.54 Å². The second-order valence-corrected chi connectivity index (χ2v) is 6.11. The van der Waals surface area contributed by atoms with E-state index in [1.165, 1.54) is 4.88 Å². The van der Waals surface area contributed by atoms with Crippen molar-refractivity contribution in [1.82, 2.24) is 5.32 Å². The minimum absolute atomic E-state index is 0.232. The fourth-order valence-electron chi connectivity index (χ4n) is 2.33. The summed E-state index contributed by atoms with van der Waals surface area (Å²) in [6, 6.07) is 9.00. The summed E-state index contributed by atoms with van der Waals surface area (Å²) in [5, 5.41) is 5.89. The maximum atomic E-state index is 12.2. The van der Waals surface area contributed by atoms with Gasteiger partial charge in [-0.2, -0.15) is 0 Å². The van der Waals surface area contributed by atoms with Crippen LogP contribution < -0.4 is 5.32 Å². The number of carbonyl (C=O) groups is 1. The van der Waals surface area contributed by atoms with E-state index >= 15 is 0 Å². The molecule has 0 saturated heterocycles. The van der Waals surface area contributed by atoms with Crippen LogP contribution in [0.1, 0.15) is 22.0 Å². The van der Waals surface area contributed by atoms with E-state index in [1.807, 2.05) is 23.6 Å². The van der Waals surface area contributed by atoms with Crippen molar-refractivity contribution in [3.05, 3.63) is 56.7 Å². The predicted octanol–water partition coefficient (Wildman–Crippen LogP) is 3.33. The molecule has 1 unspecified atom stereocenters. The van der Waals surface area contributed by atoms with Gasteiger partial charge in [0.1, 0.15) is 12.6 Å². The lowest BCUT2D eigenvalue weighted by Gasteiger charge is -2.22. The van der Waals surface area contributed by atoms with Crippen LogP contribution in [0.3, 0.4) is 0 Å². The molecule has 0 amide bonds. The van der Waals surface area contributed by atoms with Crippen LogP contribution in [0.4, 0.5) is 0 Å². The number of rotatable bonds is 3. The van der Waals surface area contributed by atoms with Crippen LogP contribution in [0.25, 0.3) is 0 Å². The van der Waals surface area contributed by atoms with E-state index in [1.54, 1.807) is 23.5 Å². The smallest absolute Gasteiger partial charge is 0.328 e. The van der Waals surface area contributed by atoms with Crippen LogP contribution in [-0.2, 0) is 22.6 Å². The normalized spacial score (nSPS) is 17.6. The molecule has 2 heterocycles. The molecule has 1 aliphatic heterocycles. The van der Waals surface area contributed by atoms with Crippen LogP contribution in [0, 0.1) is 0 Å². The van der Waals surface area contributed by atoms with Crippen LogP contribution in [0.15, 0.2) is 35.7 Å². The monoisotopic (exact) mass is 307 g/mol. The number of thiophene rings is 1. The molecule has 3 rings (SSSR count). The molecule has 2 aromatic rings. The van der Waals surface area contributed by atoms with Gasteiger partial charge >= 0.3 is 5.97 Å². The Bertz CT molecular complexity index is 626. The van der Waals surface area contributed by atoms with Gasteiger partial charge in [-0.15, -0.1) is 11.3 Å². The molecule has 0 spiro atoms. The number of benzene rings is 1. The van der Waals surface area contributed by atoms with Gasteiger partial charge in [0.25, 0.3) is 0 Å². The SMILES string of the molecule is O=C(OCc1cccc(Cl)c1)C1NCCc2sccc21. The van der Waals surface area contributed by atoms with E-state index in [-0.39, 0.29) is 18.6 Å². The molecule has 0 saturated carbocycles. The molecule has 0 bridgehead atoms. The molecule has 1 aromatic heterocycles. The maximum Gasteiger partial charge on any atom is 0.328 e. The molecular weight excluding hydrogens is 294 g/mol. The molecule has 104 valence electrons. The van der Waals surface area contributed by atoms with Crippen molar-refractivity contribution in [2.24, 2.45) is 0 Å². The summed E-state index contributed by atoms with van der Waals surface area (Å²) in [4.78, 5) is 13.5. The quantitative estimate of drug-likeness (QED) is 0.884. The summed E-state index contributed by atoms with van der Waals surface area (Å²) in [6.07, 6.45) is 0.977. The summed E-state index contributed by atoms with van der Waals surface area (Å²) in [7, 11) is 0. The minimum atomic E-state index is -0.343. The molecule has 1 aromatic carbocycles. The van der Waals surface area contributed by atoms with E-state index in [0.717, 1.165) is 24.1 Å². The number of nitrogens with one attached hydrogen (secondary N) is 1. The van der Waals surface area contributed by atoms with E-state index in [2.05, 4.69) is 5.32 Å². The predicted molar refractivity (Wildman–Crippen MR) is 80.0 cm³/mol. The average molecular weight is 308 g/mol. The Hall–Kier alpha value is -1.36. The van der Waals surface area contributed by atoms with Crippen LogP contribution in [0.2, 0.25) is 5.02 Å². The van der Waals surface area contributed by atoms with Gasteiger partial charge in [-0.1, -0.05) is 23.7 Å². The number of esters is 1. The van der Waals surface area contributed by atoms with Crippen LogP contribution in [0.5, 0.6) is 0 Å². The lowest BCUT2D eigenvalue weighted by Crippen LogP contribution is -2.35. The summed E-state index contributed by atoms with van der Waals surface area (Å²) in [5.41, 5.74) is 1.95. The first-order chi connectivity index (χ1) is 9.74. The summed E-state index contributed by atoms with van der Waals surface area (Å²) in [5.74, 6) is -0.232. The van der Waals surface area contributed by atoms with Gasteiger partial charge in [-0.3, -0.25) is 0 Å². The van der Waals surface area contributed by atoms with E-state index in [4.69, 9.17) is 16.3 Å². The number of carbonyl (C=O) groups excluding carboxylic acids is 1. The molecule has 1 atom stereocenters. The zero-order valence-electron chi connectivity index (χ0n) is 10.8. The van der Waals surface area contributed by atoms with Gasteiger partial charge in [-0.05, 0) is 41.1 Å². The van der Waals surface area contributed by atoms with Crippen molar-refractivity contribution in [3.8, 4) is 0 Å². The fraction of sp³-hybridized carbons (Fsp3) is 0.267. The van der Waals surface area contributed by atoms with E-state index < -0.39 is 0 Å². The summed E-state index contributed by atoms with van der Waals surface area (Å²) in [6.45, 7) is 1.06. The van der Waals surface area contributed by atoms with Gasteiger partial charge in [0, 0.05) is 16.4 Å². The van der Waals surface area contributed by atoms with Crippen molar-refractivity contribution in [1.29, 1.82) is 0 Å². The lowest BCUT2D eigenvalue weighted by atomic mass is 10.0. The van der Waals surface area contributed by atoms with E-state index in [9.17, 15) is 4.79 Å². The first-order valence-corrected chi connectivity index (χ1v) is 7.70. The van der Waals surface area contributed by atoms with Gasteiger partial charge in [-0.25, -0.2) is 4.79 Å². The topological polar surface area (TPSA) is 38.3 Å². The molecule has 1 aliphatic rings. The summed E-state index contributed by atoms with van der Waals surface area (Å²) < 4.78 is 5.39. The molecule has 0 radical (unpaired) electrons. The van der Waals surface area contributed by atoms with Gasteiger partial charge in [0.05, 0.1) is 0 Å². The zero-order valence-corrected chi connectivity index (χ0v) is 12.3. The number of hydrogen-bond donors (Lipinski definition) is 1. The minimum Gasteiger partial charge on any atom is -0.459 e. The highest BCUT2D eigenvalue weighted by atomic mass is 35.5. The van der Waals surface area contributed by atoms with Crippen molar-refractivity contribution < 1.29 is 9.53 Å². The third kappa shape index (κ3) is 2.87. The third-order valence-electron chi connectivity index (χ3n) is 3.30. The van der Waals surface area contributed by atoms with E-state index in [0.29, 0.717) is 5.02 Å². The zero-order chi connectivity index (χ0) is 13.9. The molecule has 20 heavy (non-hydrogen) atoms. The van der Waals surface area contributed by atoms with Crippen molar-refractivity contribution in [3.63, 3.8) is 0 Å².